The van der Waals surface area contributed by atoms with Gasteiger partial charge >= 0.3 is 0 Å². The zero-order chi connectivity index (χ0) is 19.1. The first-order valence-corrected chi connectivity index (χ1v) is 9.54. The quantitative estimate of drug-likeness (QED) is 0.396. The van der Waals surface area contributed by atoms with Crippen LogP contribution in [0.3, 0.4) is 0 Å². The Labute approximate surface area is 162 Å². The van der Waals surface area contributed by atoms with Gasteiger partial charge in [0.05, 0.1) is 24.3 Å². The van der Waals surface area contributed by atoms with Crippen LogP contribution < -0.4 is 4.74 Å². The third-order valence-electron chi connectivity index (χ3n) is 3.86. The summed E-state index contributed by atoms with van der Waals surface area (Å²) in [4.78, 5) is 14.4. The van der Waals surface area contributed by atoms with Crippen LogP contribution in [0.5, 0.6) is 5.75 Å². The molecule has 1 saturated heterocycles. The number of thioether (sulfide) groups is 1. The van der Waals surface area contributed by atoms with Crippen LogP contribution in [0, 0.1) is 0 Å². The van der Waals surface area contributed by atoms with Gasteiger partial charge in [0.25, 0.3) is 0 Å². The molecule has 1 unspecified atom stereocenters. The van der Waals surface area contributed by atoms with Crippen LogP contribution in [0.4, 0.5) is 0 Å². The fourth-order valence-electron chi connectivity index (χ4n) is 2.62. The highest BCUT2D eigenvalue weighted by molar-refractivity contribution is 8.15. The van der Waals surface area contributed by atoms with Crippen molar-refractivity contribution in [3.8, 4) is 5.75 Å². The molecule has 0 aliphatic carbocycles. The second-order valence-electron chi connectivity index (χ2n) is 5.77. The van der Waals surface area contributed by atoms with Crippen molar-refractivity contribution in [1.82, 2.24) is 4.90 Å². The van der Waals surface area contributed by atoms with Crippen LogP contribution in [0.2, 0.25) is 0 Å². The van der Waals surface area contributed by atoms with Crippen molar-refractivity contribution < 1.29 is 13.9 Å². The molecule has 7 heteroatoms. The lowest BCUT2D eigenvalue weighted by atomic mass is 10.1. The van der Waals surface area contributed by atoms with Gasteiger partial charge in [-0.2, -0.15) is 5.10 Å². The first-order valence-electron chi connectivity index (χ1n) is 8.66. The summed E-state index contributed by atoms with van der Waals surface area (Å²) in [5.74, 6) is 1.45. The number of benzene rings is 1. The molecule has 1 amide bonds. The molecule has 1 aliphatic heterocycles. The van der Waals surface area contributed by atoms with E-state index in [1.54, 1.807) is 29.4 Å². The third-order valence-corrected chi connectivity index (χ3v) is 5.02. The molecule has 2 aromatic rings. The Bertz CT molecular complexity index is 829. The van der Waals surface area contributed by atoms with E-state index in [1.165, 1.54) is 18.0 Å². The molecule has 1 aliphatic rings. The minimum absolute atomic E-state index is 0.0146. The normalized spacial score (nSPS) is 18.6. The summed E-state index contributed by atoms with van der Waals surface area (Å²) in [7, 11) is 0. The van der Waals surface area contributed by atoms with Gasteiger partial charge < -0.3 is 9.15 Å². The van der Waals surface area contributed by atoms with Crippen LogP contribution in [0.1, 0.15) is 18.2 Å². The van der Waals surface area contributed by atoms with Gasteiger partial charge in [0.15, 0.2) is 5.17 Å². The molecule has 0 radical (unpaired) electrons. The van der Waals surface area contributed by atoms with Gasteiger partial charge in [-0.05, 0) is 43.2 Å². The summed E-state index contributed by atoms with van der Waals surface area (Å²) >= 11 is 1.42. The molecule has 0 saturated carbocycles. The maximum Gasteiger partial charge on any atom is 0.242 e. The number of hydrogen-bond donors (Lipinski definition) is 0. The smallest absolute Gasteiger partial charge is 0.242 e. The Morgan fingerprint density at radius 3 is 2.81 bits per heavy atom. The maximum absolute atomic E-state index is 12.8. The monoisotopic (exact) mass is 383 g/mol. The first kappa shape index (κ1) is 19.0. The molecule has 1 aromatic carbocycles. The SMILES string of the molecule is C=CCN1C(=O)C(Cc2ccc(OCC)cc2)S/C1=N/N=C/c1ccco1. The second-order valence-corrected chi connectivity index (χ2v) is 6.94. The van der Waals surface area contributed by atoms with Crippen LogP contribution >= 0.6 is 11.8 Å². The zero-order valence-corrected chi connectivity index (χ0v) is 15.9. The fraction of sp³-hybridized carbons (Fsp3) is 0.250. The lowest BCUT2D eigenvalue weighted by Gasteiger charge is -2.13. The summed E-state index contributed by atoms with van der Waals surface area (Å²) in [6.07, 6.45) is 5.39. The molecule has 0 bridgehead atoms. The van der Waals surface area contributed by atoms with Crippen molar-refractivity contribution in [2.45, 2.75) is 18.6 Å². The van der Waals surface area contributed by atoms with E-state index in [9.17, 15) is 4.79 Å². The van der Waals surface area contributed by atoms with E-state index < -0.39 is 0 Å². The van der Waals surface area contributed by atoms with E-state index in [1.807, 2.05) is 31.2 Å². The summed E-state index contributed by atoms with van der Waals surface area (Å²) in [5.41, 5.74) is 1.07. The molecule has 140 valence electrons. The molecule has 1 fully saturated rings. The van der Waals surface area contributed by atoms with Crippen molar-refractivity contribution >= 4 is 29.1 Å². The summed E-state index contributed by atoms with van der Waals surface area (Å²) in [6, 6.07) is 11.4. The lowest BCUT2D eigenvalue weighted by Crippen LogP contribution is -2.32. The van der Waals surface area contributed by atoms with E-state index in [0.29, 0.717) is 30.5 Å². The van der Waals surface area contributed by atoms with Gasteiger partial charge in [-0.3, -0.25) is 9.69 Å². The zero-order valence-electron chi connectivity index (χ0n) is 15.1. The number of amidine groups is 1. The number of furan rings is 1. The molecule has 2 heterocycles. The summed E-state index contributed by atoms with van der Waals surface area (Å²) in [6.45, 7) is 6.71. The summed E-state index contributed by atoms with van der Waals surface area (Å²) in [5, 5.41) is 8.58. The Morgan fingerprint density at radius 1 is 1.33 bits per heavy atom. The molecule has 1 aromatic heterocycles. The van der Waals surface area contributed by atoms with Crippen molar-refractivity contribution in [2.75, 3.05) is 13.2 Å². The van der Waals surface area contributed by atoms with Crippen LogP contribution in [0.25, 0.3) is 0 Å². The average Bonchev–Trinajstić information content (AvgIpc) is 3.28. The minimum Gasteiger partial charge on any atom is -0.494 e. The molecule has 0 spiro atoms. The lowest BCUT2D eigenvalue weighted by molar-refractivity contribution is -0.125. The van der Waals surface area contributed by atoms with Crippen LogP contribution in [-0.2, 0) is 11.2 Å². The number of carbonyl (C=O) groups is 1. The molecule has 3 rings (SSSR count). The largest absolute Gasteiger partial charge is 0.494 e. The van der Waals surface area contributed by atoms with Crippen molar-refractivity contribution in [1.29, 1.82) is 0 Å². The molecule has 0 N–H and O–H groups in total. The number of rotatable bonds is 8. The predicted molar refractivity (Wildman–Crippen MR) is 108 cm³/mol. The van der Waals surface area contributed by atoms with Crippen molar-refractivity contribution in [3.63, 3.8) is 0 Å². The number of carbonyl (C=O) groups excluding carboxylic acids is 1. The van der Waals surface area contributed by atoms with E-state index in [2.05, 4.69) is 16.8 Å². The average molecular weight is 383 g/mol. The molecule has 27 heavy (non-hydrogen) atoms. The van der Waals surface area contributed by atoms with Crippen molar-refractivity contribution in [2.24, 2.45) is 10.2 Å². The third kappa shape index (κ3) is 4.89. The highest BCUT2D eigenvalue weighted by Crippen LogP contribution is 2.30. The van der Waals surface area contributed by atoms with Gasteiger partial charge in [-0.1, -0.05) is 30.0 Å². The van der Waals surface area contributed by atoms with Crippen molar-refractivity contribution in [3.05, 3.63) is 66.6 Å². The Kier molecular flexibility index (Phi) is 6.49. The van der Waals surface area contributed by atoms with Crippen LogP contribution in [0.15, 0.2) is 69.9 Å². The first-order chi connectivity index (χ1) is 13.2. The van der Waals surface area contributed by atoms with Gasteiger partial charge in [-0.15, -0.1) is 11.7 Å². The van der Waals surface area contributed by atoms with Crippen LogP contribution in [-0.4, -0.2) is 40.6 Å². The highest BCUT2D eigenvalue weighted by atomic mass is 32.2. The number of hydrogen-bond acceptors (Lipinski definition) is 6. The molecule has 1 atom stereocenters. The van der Waals surface area contributed by atoms with Gasteiger partial charge in [-0.25, -0.2) is 0 Å². The maximum atomic E-state index is 12.8. The Balaban J connectivity index is 1.71. The van der Waals surface area contributed by atoms with Gasteiger partial charge in [0, 0.05) is 6.54 Å². The molecular formula is C20H21N3O3S. The fourth-order valence-corrected chi connectivity index (χ4v) is 3.76. The molecule has 6 nitrogen and oxygen atoms in total. The van der Waals surface area contributed by atoms with E-state index in [4.69, 9.17) is 9.15 Å². The van der Waals surface area contributed by atoms with E-state index >= 15 is 0 Å². The predicted octanol–water partition coefficient (Wildman–Crippen LogP) is 3.74. The standard InChI is InChI=1S/C20H21N3O3S/c1-3-11-23-19(24)18(13-15-7-9-16(10-8-15)25-4-2)27-20(23)22-21-14-17-6-5-12-26-17/h3,5-10,12,14,18H,1,4,11,13H2,2H3/b21-14+,22-20+. The van der Waals surface area contributed by atoms with E-state index in [0.717, 1.165) is 11.3 Å². The number of nitrogens with zero attached hydrogens (tertiary/aromatic N) is 3. The second kappa shape index (κ2) is 9.23. The topological polar surface area (TPSA) is 67.4 Å². The minimum atomic E-state index is -0.236. The number of amides is 1. The highest BCUT2D eigenvalue weighted by Gasteiger charge is 2.37. The van der Waals surface area contributed by atoms with Gasteiger partial charge in [0.1, 0.15) is 11.5 Å². The number of ether oxygens (including phenoxy) is 1. The van der Waals surface area contributed by atoms with Gasteiger partial charge in [0.2, 0.25) is 5.91 Å². The summed E-state index contributed by atoms with van der Waals surface area (Å²) < 4.78 is 10.6. The molecular weight excluding hydrogens is 362 g/mol. The Morgan fingerprint density at radius 2 is 2.15 bits per heavy atom. The Hall–Kier alpha value is -2.80. The van der Waals surface area contributed by atoms with E-state index in [-0.39, 0.29) is 11.2 Å².